The van der Waals surface area contributed by atoms with Gasteiger partial charge in [0.2, 0.25) is 0 Å². The summed E-state index contributed by atoms with van der Waals surface area (Å²) in [5.41, 5.74) is 5.52. The maximum atomic E-state index is 5.52. The van der Waals surface area contributed by atoms with E-state index in [2.05, 4.69) is 14.9 Å². The Balaban J connectivity index is 2.02. The predicted molar refractivity (Wildman–Crippen MR) is 56.1 cm³/mol. The largest absolute Gasteiger partial charge is 0.353 e. The van der Waals surface area contributed by atoms with Crippen molar-refractivity contribution in [3.63, 3.8) is 0 Å². The molecule has 1 heterocycles. The van der Waals surface area contributed by atoms with Crippen molar-refractivity contribution in [1.29, 1.82) is 0 Å². The quantitative estimate of drug-likeness (QED) is 0.749. The summed E-state index contributed by atoms with van der Waals surface area (Å²) in [5, 5.41) is 0. The molecule has 0 unspecified atom stereocenters. The number of hydrogen-bond acceptors (Lipinski definition) is 4. The molecule has 4 nitrogen and oxygen atoms in total. The van der Waals surface area contributed by atoms with Crippen molar-refractivity contribution in [3.05, 3.63) is 18.6 Å². The zero-order chi connectivity index (χ0) is 9.80. The van der Waals surface area contributed by atoms with Gasteiger partial charge in [-0.25, -0.2) is 9.97 Å². The summed E-state index contributed by atoms with van der Waals surface area (Å²) in [6.07, 6.45) is 7.00. The second-order valence-electron chi connectivity index (χ2n) is 3.63. The van der Waals surface area contributed by atoms with Crippen LogP contribution < -0.4 is 10.6 Å². The van der Waals surface area contributed by atoms with E-state index < -0.39 is 0 Å². The Bertz CT molecular complexity index is 271. The van der Waals surface area contributed by atoms with Crippen LogP contribution in [0.1, 0.15) is 19.3 Å². The molecule has 1 aliphatic carbocycles. The molecule has 1 fully saturated rings. The molecule has 0 bridgehead atoms. The van der Waals surface area contributed by atoms with E-state index in [1.807, 2.05) is 6.07 Å². The van der Waals surface area contributed by atoms with Crippen molar-refractivity contribution in [2.75, 3.05) is 18.0 Å². The average Bonchev–Trinajstić information content (AvgIpc) is 3.04. The van der Waals surface area contributed by atoms with Crippen LogP contribution in [0.5, 0.6) is 0 Å². The predicted octanol–water partition coefficient (Wildman–Crippen LogP) is 0.794. The first-order chi connectivity index (χ1) is 6.92. The number of nitrogens with zero attached hydrogens (tertiary/aromatic N) is 3. The number of aromatic nitrogens is 2. The van der Waals surface area contributed by atoms with Gasteiger partial charge in [0.05, 0.1) is 0 Å². The molecule has 1 aromatic heterocycles. The number of anilines is 1. The van der Waals surface area contributed by atoms with Gasteiger partial charge in [-0.1, -0.05) is 0 Å². The summed E-state index contributed by atoms with van der Waals surface area (Å²) in [5.74, 6) is 1.04. The van der Waals surface area contributed by atoms with Crippen molar-refractivity contribution < 1.29 is 0 Å². The molecule has 76 valence electrons. The van der Waals surface area contributed by atoms with Gasteiger partial charge in [0, 0.05) is 18.8 Å². The first-order valence-corrected chi connectivity index (χ1v) is 5.14. The molecule has 1 saturated carbocycles. The van der Waals surface area contributed by atoms with Gasteiger partial charge in [0.25, 0.3) is 0 Å². The Morgan fingerprint density at radius 2 is 2.36 bits per heavy atom. The summed E-state index contributed by atoms with van der Waals surface area (Å²) in [6.45, 7) is 1.76. The lowest BCUT2D eigenvalue weighted by atomic mass is 10.3. The second-order valence-corrected chi connectivity index (χ2v) is 3.63. The van der Waals surface area contributed by atoms with Crippen molar-refractivity contribution in [3.8, 4) is 0 Å². The summed E-state index contributed by atoms with van der Waals surface area (Å²) < 4.78 is 0. The van der Waals surface area contributed by atoms with E-state index in [-0.39, 0.29) is 0 Å². The first-order valence-electron chi connectivity index (χ1n) is 5.14. The van der Waals surface area contributed by atoms with Gasteiger partial charge in [-0.15, -0.1) is 0 Å². The number of rotatable bonds is 5. The van der Waals surface area contributed by atoms with Gasteiger partial charge in [0.15, 0.2) is 0 Å². The van der Waals surface area contributed by atoms with Gasteiger partial charge in [-0.2, -0.15) is 0 Å². The van der Waals surface area contributed by atoms with E-state index >= 15 is 0 Å². The topological polar surface area (TPSA) is 55.0 Å². The van der Waals surface area contributed by atoms with E-state index in [1.54, 1.807) is 12.5 Å². The van der Waals surface area contributed by atoms with E-state index in [4.69, 9.17) is 5.73 Å². The van der Waals surface area contributed by atoms with Crippen LogP contribution in [0.4, 0.5) is 5.82 Å². The fourth-order valence-corrected chi connectivity index (χ4v) is 1.59. The molecule has 0 aromatic carbocycles. The summed E-state index contributed by atoms with van der Waals surface area (Å²) in [4.78, 5) is 10.5. The molecule has 1 aromatic rings. The average molecular weight is 192 g/mol. The maximum absolute atomic E-state index is 5.52. The van der Waals surface area contributed by atoms with Crippen LogP contribution in [0.15, 0.2) is 18.6 Å². The van der Waals surface area contributed by atoms with Gasteiger partial charge < -0.3 is 10.6 Å². The standard InChI is InChI=1S/C10H16N4/c11-5-1-7-14(9-2-3-9)10-4-6-12-8-13-10/h4,6,8-9H,1-3,5,7,11H2. The van der Waals surface area contributed by atoms with Gasteiger partial charge >= 0.3 is 0 Å². The minimum atomic E-state index is 0.691. The lowest BCUT2D eigenvalue weighted by Crippen LogP contribution is -2.29. The molecule has 0 aliphatic heterocycles. The Labute approximate surface area is 84.2 Å². The summed E-state index contributed by atoms with van der Waals surface area (Å²) in [6, 6.07) is 2.66. The van der Waals surface area contributed by atoms with Crippen LogP contribution in [0.2, 0.25) is 0 Å². The lowest BCUT2D eigenvalue weighted by molar-refractivity contribution is 0.721. The molecule has 0 radical (unpaired) electrons. The Morgan fingerprint density at radius 1 is 1.50 bits per heavy atom. The molecule has 0 saturated heterocycles. The van der Waals surface area contributed by atoms with Crippen LogP contribution in [0, 0.1) is 0 Å². The zero-order valence-electron chi connectivity index (χ0n) is 8.26. The van der Waals surface area contributed by atoms with Crippen molar-refractivity contribution >= 4 is 5.82 Å². The minimum absolute atomic E-state index is 0.691. The molecular weight excluding hydrogens is 176 g/mol. The number of hydrogen-bond donors (Lipinski definition) is 1. The number of nitrogens with two attached hydrogens (primary N) is 1. The molecule has 0 amide bonds. The second kappa shape index (κ2) is 4.37. The third-order valence-electron chi connectivity index (χ3n) is 2.45. The van der Waals surface area contributed by atoms with Crippen molar-refractivity contribution in [2.24, 2.45) is 5.73 Å². The minimum Gasteiger partial charge on any atom is -0.353 e. The van der Waals surface area contributed by atoms with Gasteiger partial charge in [-0.05, 0) is 31.9 Å². The monoisotopic (exact) mass is 192 g/mol. The first kappa shape index (κ1) is 9.40. The third kappa shape index (κ3) is 2.20. The normalized spacial score (nSPS) is 15.5. The summed E-state index contributed by atoms with van der Waals surface area (Å²) in [7, 11) is 0. The SMILES string of the molecule is NCCCN(c1ccncn1)C1CC1. The van der Waals surface area contributed by atoms with Gasteiger partial charge in [-0.3, -0.25) is 0 Å². The van der Waals surface area contributed by atoms with Crippen LogP contribution in [0.25, 0.3) is 0 Å². The van der Waals surface area contributed by atoms with E-state index in [1.165, 1.54) is 12.8 Å². The third-order valence-corrected chi connectivity index (χ3v) is 2.45. The summed E-state index contributed by atoms with van der Waals surface area (Å²) >= 11 is 0. The van der Waals surface area contributed by atoms with Crippen LogP contribution in [-0.4, -0.2) is 29.1 Å². The molecule has 2 rings (SSSR count). The molecule has 14 heavy (non-hydrogen) atoms. The van der Waals surface area contributed by atoms with Crippen molar-refractivity contribution in [1.82, 2.24) is 9.97 Å². The fraction of sp³-hybridized carbons (Fsp3) is 0.600. The van der Waals surface area contributed by atoms with Crippen LogP contribution in [-0.2, 0) is 0 Å². The Kier molecular flexibility index (Phi) is 2.93. The molecular formula is C10H16N4. The molecule has 0 atom stereocenters. The zero-order valence-corrected chi connectivity index (χ0v) is 8.26. The highest BCUT2D eigenvalue weighted by Gasteiger charge is 2.29. The van der Waals surface area contributed by atoms with E-state index in [9.17, 15) is 0 Å². The van der Waals surface area contributed by atoms with Crippen molar-refractivity contribution in [2.45, 2.75) is 25.3 Å². The smallest absolute Gasteiger partial charge is 0.132 e. The van der Waals surface area contributed by atoms with Crippen LogP contribution >= 0.6 is 0 Å². The Morgan fingerprint density at radius 3 is 2.93 bits per heavy atom. The fourth-order valence-electron chi connectivity index (χ4n) is 1.59. The highest BCUT2D eigenvalue weighted by atomic mass is 15.2. The van der Waals surface area contributed by atoms with Crippen LogP contribution in [0.3, 0.4) is 0 Å². The highest BCUT2D eigenvalue weighted by Crippen LogP contribution is 2.30. The lowest BCUT2D eigenvalue weighted by Gasteiger charge is -2.22. The molecule has 4 heteroatoms. The van der Waals surface area contributed by atoms with E-state index in [0.717, 1.165) is 25.3 Å². The maximum Gasteiger partial charge on any atom is 0.132 e. The molecule has 2 N–H and O–H groups in total. The Hall–Kier alpha value is -1.16. The van der Waals surface area contributed by atoms with E-state index in [0.29, 0.717) is 6.04 Å². The highest BCUT2D eigenvalue weighted by molar-refractivity contribution is 5.39. The van der Waals surface area contributed by atoms with Gasteiger partial charge in [0.1, 0.15) is 12.1 Å². The molecule has 0 spiro atoms. The molecule has 1 aliphatic rings.